The Morgan fingerprint density at radius 3 is 2.31 bits per heavy atom. The van der Waals surface area contributed by atoms with Crippen molar-refractivity contribution in [2.75, 3.05) is 13.1 Å². The predicted molar refractivity (Wildman–Crippen MR) is 56.9 cm³/mol. The molecule has 0 N–H and O–H groups in total. The number of ketones is 1. The van der Waals surface area contributed by atoms with Crippen molar-refractivity contribution in [3.05, 3.63) is 0 Å². The van der Waals surface area contributed by atoms with Gasteiger partial charge in [-0.1, -0.05) is 13.8 Å². The maximum atomic E-state index is 11.0. The van der Waals surface area contributed by atoms with E-state index in [4.69, 9.17) is 0 Å². The van der Waals surface area contributed by atoms with E-state index in [9.17, 15) is 4.79 Å². The molecule has 0 heterocycles. The van der Waals surface area contributed by atoms with Gasteiger partial charge in [0.2, 0.25) is 0 Å². The third-order valence-electron chi connectivity index (χ3n) is 2.43. The fraction of sp³-hybridized carbons (Fsp3) is 0.909. The molecule has 0 radical (unpaired) electrons. The zero-order valence-corrected chi connectivity index (χ0v) is 9.47. The van der Waals surface area contributed by atoms with E-state index in [1.807, 2.05) is 6.92 Å². The van der Waals surface area contributed by atoms with Gasteiger partial charge in [0.1, 0.15) is 5.78 Å². The van der Waals surface area contributed by atoms with Crippen molar-refractivity contribution in [2.24, 2.45) is 0 Å². The van der Waals surface area contributed by atoms with Crippen LogP contribution in [-0.2, 0) is 4.79 Å². The standard InChI is InChI=1S/C11H23NO/c1-5-11(13)8-7-9-12(6-2)10(3)4/h10H,5-9H2,1-4H3. The molecule has 13 heavy (non-hydrogen) atoms. The first kappa shape index (κ1) is 12.6. The minimum Gasteiger partial charge on any atom is -0.301 e. The smallest absolute Gasteiger partial charge is 0.132 e. The van der Waals surface area contributed by atoms with E-state index in [1.54, 1.807) is 0 Å². The van der Waals surface area contributed by atoms with E-state index in [1.165, 1.54) is 0 Å². The van der Waals surface area contributed by atoms with Gasteiger partial charge in [0.05, 0.1) is 0 Å². The molecule has 0 aromatic rings. The Hall–Kier alpha value is -0.370. The lowest BCUT2D eigenvalue weighted by Crippen LogP contribution is -2.31. The summed E-state index contributed by atoms with van der Waals surface area (Å²) in [7, 11) is 0. The average Bonchev–Trinajstić information content (AvgIpc) is 2.11. The van der Waals surface area contributed by atoms with Crippen molar-refractivity contribution in [3.8, 4) is 0 Å². The Balaban J connectivity index is 3.55. The lowest BCUT2D eigenvalue weighted by molar-refractivity contribution is -0.118. The van der Waals surface area contributed by atoms with Crippen molar-refractivity contribution in [1.29, 1.82) is 0 Å². The van der Waals surface area contributed by atoms with Crippen molar-refractivity contribution in [2.45, 2.75) is 53.0 Å². The molecule has 0 rings (SSSR count). The van der Waals surface area contributed by atoms with Gasteiger partial charge in [-0.15, -0.1) is 0 Å². The van der Waals surface area contributed by atoms with Crippen molar-refractivity contribution < 1.29 is 4.79 Å². The van der Waals surface area contributed by atoms with Gasteiger partial charge < -0.3 is 4.90 Å². The molecule has 0 aliphatic rings. The third kappa shape index (κ3) is 5.81. The van der Waals surface area contributed by atoms with Gasteiger partial charge in [-0.25, -0.2) is 0 Å². The molecule has 0 spiro atoms. The highest BCUT2D eigenvalue weighted by atomic mass is 16.1. The summed E-state index contributed by atoms with van der Waals surface area (Å²) in [4.78, 5) is 13.4. The van der Waals surface area contributed by atoms with E-state index < -0.39 is 0 Å². The van der Waals surface area contributed by atoms with E-state index in [-0.39, 0.29) is 0 Å². The van der Waals surface area contributed by atoms with Crippen LogP contribution in [0.3, 0.4) is 0 Å². The molecule has 2 nitrogen and oxygen atoms in total. The van der Waals surface area contributed by atoms with Gasteiger partial charge in [0, 0.05) is 18.9 Å². The summed E-state index contributed by atoms with van der Waals surface area (Å²) in [6.45, 7) is 10.6. The fourth-order valence-corrected chi connectivity index (χ4v) is 1.44. The second-order valence-corrected chi connectivity index (χ2v) is 3.72. The highest BCUT2D eigenvalue weighted by Crippen LogP contribution is 2.02. The number of hydrogen-bond acceptors (Lipinski definition) is 2. The van der Waals surface area contributed by atoms with Crippen LogP contribution in [0.4, 0.5) is 0 Å². The minimum atomic E-state index is 0.389. The summed E-state index contributed by atoms with van der Waals surface area (Å²) in [5.41, 5.74) is 0. The van der Waals surface area contributed by atoms with Crippen LogP contribution in [0.25, 0.3) is 0 Å². The van der Waals surface area contributed by atoms with E-state index in [0.29, 0.717) is 18.2 Å². The number of rotatable bonds is 7. The molecule has 78 valence electrons. The van der Waals surface area contributed by atoms with Crippen molar-refractivity contribution in [3.63, 3.8) is 0 Å². The molecule has 0 aliphatic carbocycles. The Morgan fingerprint density at radius 2 is 1.92 bits per heavy atom. The molecule has 0 aliphatic heterocycles. The number of nitrogens with zero attached hydrogens (tertiary/aromatic N) is 1. The van der Waals surface area contributed by atoms with Crippen LogP contribution < -0.4 is 0 Å². The normalized spacial score (nSPS) is 11.2. The Labute approximate surface area is 82.3 Å². The second kappa shape index (κ2) is 7.07. The largest absolute Gasteiger partial charge is 0.301 e. The number of carbonyl (C=O) groups excluding carboxylic acids is 1. The maximum absolute atomic E-state index is 11.0. The summed E-state index contributed by atoms with van der Waals surface area (Å²) >= 11 is 0. The molecular weight excluding hydrogens is 162 g/mol. The molecule has 0 aromatic carbocycles. The average molecular weight is 185 g/mol. The first-order chi connectivity index (χ1) is 6.11. The quantitative estimate of drug-likeness (QED) is 0.607. The van der Waals surface area contributed by atoms with Gasteiger partial charge in [-0.05, 0) is 33.4 Å². The summed E-state index contributed by atoms with van der Waals surface area (Å²) in [6, 6.07) is 0.599. The zero-order chi connectivity index (χ0) is 10.3. The highest BCUT2D eigenvalue weighted by Gasteiger charge is 2.06. The van der Waals surface area contributed by atoms with Crippen LogP contribution in [0.1, 0.15) is 47.0 Å². The van der Waals surface area contributed by atoms with Gasteiger partial charge in [0.25, 0.3) is 0 Å². The molecule has 0 fully saturated rings. The number of carbonyl (C=O) groups is 1. The Kier molecular flexibility index (Phi) is 6.87. The first-order valence-electron chi connectivity index (χ1n) is 5.37. The van der Waals surface area contributed by atoms with E-state index in [0.717, 1.165) is 25.9 Å². The summed E-state index contributed by atoms with van der Waals surface area (Å²) in [6.07, 6.45) is 2.45. The topological polar surface area (TPSA) is 20.3 Å². The SMILES string of the molecule is CCC(=O)CCCN(CC)C(C)C. The number of Topliss-reactive ketones (excluding diaryl/α,β-unsaturated/α-hetero) is 1. The molecule has 0 saturated heterocycles. The van der Waals surface area contributed by atoms with E-state index >= 15 is 0 Å². The van der Waals surface area contributed by atoms with Gasteiger partial charge in [-0.2, -0.15) is 0 Å². The van der Waals surface area contributed by atoms with E-state index in [2.05, 4.69) is 25.7 Å². The molecule has 0 amide bonds. The highest BCUT2D eigenvalue weighted by molar-refractivity contribution is 5.77. The number of hydrogen-bond donors (Lipinski definition) is 0. The van der Waals surface area contributed by atoms with Gasteiger partial charge in [0.15, 0.2) is 0 Å². The lowest BCUT2D eigenvalue weighted by atomic mass is 10.1. The van der Waals surface area contributed by atoms with Crippen LogP contribution in [-0.4, -0.2) is 29.8 Å². The fourth-order valence-electron chi connectivity index (χ4n) is 1.44. The van der Waals surface area contributed by atoms with Crippen molar-refractivity contribution >= 4 is 5.78 Å². The minimum absolute atomic E-state index is 0.389. The van der Waals surface area contributed by atoms with Crippen LogP contribution in [0.15, 0.2) is 0 Å². The van der Waals surface area contributed by atoms with Crippen LogP contribution in [0, 0.1) is 0 Å². The van der Waals surface area contributed by atoms with Crippen LogP contribution >= 0.6 is 0 Å². The molecule has 0 unspecified atom stereocenters. The predicted octanol–water partition coefficient (Wildman–Crippen LogP) is 2.48. The monoisotopic (exact) mass is 185 g/mol. The zero-order valence-electron chi connectivity index (χ0n) is 9.47. The lowest BCUT2D eigenvalue weighted by Gasteiger charge is -2.24. The summed E-state index contributed by atoms with van der Waals surface area (Å²) in [5.74, 6) is 0.389. The molecular formula is C11H23NO. The molecule has 2 heteroatoms. The second-order valence-electron chi connectivity index (χ2n) is 3.72. The van der Waals surface area contributed by atoms with Crippen LogP contribution in [0.2, 0.25) is 0 Å². The molecule has 0 bridgehead atoms. The Morgan fingerprint density at radius 1 is 1.31 bits per heavy atom. The van der Waals surface area contributed by atoms with Gasteiger partial charge >= 0.3 is 0 Å². The van der Waals surface area contributed by atoms with Crippen LogP contribution in [0.5, 0.6) is 0 Å². The Bertz CT molecular complexity index is 143. The summed E-state index contributed by atoms with van der Waals surface area (Å²) in [5, 5.41) is 0. The summed E-state index contributed by atoms with van der Waals surface area (Å²) < 4.78 is 0. The first-order valence-corrected chi connectivity index (χ1v) is 5.37. The maximum Gasteiger partial charge on any atom is 0.132 e. The molecule has 0 saturated carbocycles. The third-order valence-corrected chi connectivity index (χ3v) is 2.43. The molecule has 0 aromatic heterocycles. The van der Waals surface area contributed by atoms with Gasteiger partial charge in [-0.3, -0.25) is 4.79 Å². The molecule has 0 atom stereocenters. The van der Waals surface area contributed by atoms with Crippen molar-refractivity contribution in [1.82, 2.24) is 4.90 Å².